The van der Waals surface area contributed by atoms with Crippen LogP contribution in [0.4, 0.5) is 11.5 Å². The standard InChI is InChI=1S/C15H22N4O.2ClH/c20-15(9-12-5-6-16-10-12)18-13-3-4-14(17-11-13)19-7-1-2-8-19;;/h3-4,11-12,16H,1-2,5-10H2,(H,18,20);2*1H. The first-order valence-corrected chi connectivity index (χ1v) is 7.53. The highest BCUT2D eigenvalue weighted by Crippen LogP contribution is 2.19. The number of nitrogens with zero attached hydrogens (tertiary/aromatic N) is 2. The van der Waals surface area contributed by atoms with Crippen LogP contribution < -0.4 is 15.5 Å². The van der Waals surface area contributed by atoms with Crippen LogP contribution in [0.5, 0.6) is 0 Å². The molecule has 1 atom stereocenters. The van der Waals surface area contributed by atoms with Crippen molar-refractivity contribution in [3.8, 4) is 0 Å². The molecule has 0 aliphatic carbocycles. The molecule has 2 N–H and O–H groups in total. The quantitative estimate of drug-likeness (QED) is 0.879. The van der Waals surface area contributed by atoms with Gasteiger partial charge >= 0.3 is 0 Å². The van der Waals surface area contributed by atoms with Crippen LogP contribution in [0.25, 0.3) is 0 Å². The summed E-state index contributed by atoms with van der Waals surface area (Å²) in [6.07, 6.45) is 5.95. The number of hydrogen-bond acceptors (Lipinski definition) is 4. The summed E-state index contributed by atoms with van der Waals surface area (Å²) in [6.45, 7) is 4.17. The van der Waals surface area contributed by atoms with E-state index in [0.717, 1.165) is 44.1 Å². The van der Waals surface area contributed by atoms with E-state index in [1.54, 1.807) is 6.20 Å². The van der Waals surface area contributed by atoms with Gasteiger partial charge in [0.05, 0.1) is 11.9 Å². The van der Waals surface area contributed by atoms with E-state index >= 15 is 0 Å². The molecule has 2 aliphatic rings. The number of pyridine rings is 1. The normalized spacial score (nSPS) is 20.2. The van der Waals surface area contributed by atoms with E-state index in [-0.39, 0.29) is 30.7 Å². The molecule has 2 fully saturated rings. The van der Waals surface area contributed by atoms with E-state index < -0.39 is 0 Å². The summed E-state index contributed by atoms with van der Waals surface area (Å²) in [5.74, 6) is 1.58. The summed E-state index contributed by atoms with van der Waals surface area (Å²) in [5, 5.41) is 6.22. The Hall–Kier alpha value is -1.04. The zero-order valence-electron chi connectivity index (χ0n) is 12.6. The van der Waals surface area contributed by atoms with Gasteiger partial charge in [0.1, 0.15) is 5.82 Å². The molecule has 7 heteroatoms. The summed E-state index contributed by atoms with van der Waals surface area (Å²) < 4.78 is 0. The molecule has 22 heavy (non-hydrogen) atoms. The highest BCUT2D eigenvalue weighted by molar-refractivity contribution is 5.90. The molecule has 0 spiro atoms. The van der Waals surface area contributed by atoms with E-state index in [4.69, 9.17) is 0 Å². The molecule has 124 valence electrons. The predicted molar refractivity (Wildman–Crippen MR) is 94.4 cm³/mol. The fraction of sp³-hybridized carbons (Fsp3) is 0.600. The molecule has 3 heterocycles. The zero-order valence-corrected chi connectivity index (χ0v) is 14.2. The molecule has 1 unspecified atom stereocenters. The Kier molecular flexibility index (Phi) is 7.93. The molecule has 2 aliphatic heterocycles. The van der Waals surface area contributed by atoms with Gasteiger partial charge in [-0.3, -0.25) is 4.79 Å². The summed E-state index contributed by atoms with van der Waals surface area (Å²) in [4.78, 5) is 18.7. The Morgan fingerprint density at radius 2 is 2.09 bits per heavy atom. The van der Waals surface area contributed by atoms with Crippen molar-refractivity contribution in [3.05, 3.63) is 18.3 Å². The average molecular weight is 347 g/mol. The third-order valence-corrected chi connectivity index (χ3v) is 4.10. The van der Waals surface area contributed by atoms with E-state index in [2.05, 4.69) is 20.5 Å². The smallest absolute Gasteiger partial charge is 0.224 e. The van der Waals surface area contributed by atoms with Crippen molar-refractivity contribution in [2.24, 2.45) is 5.92 Å². The van der Waals surface area contributed by atoms with Crippen LogP contribution in [0.15, 0.2) is 18.3 Å². The van der Waals surface area contributed by atoms with Crippen molar-refractivity contribution in [2.45, 2.75) is 25.7 Å². The second-order valence-electron chi connectivity index (χ2n) is 5.71. The van der Waals surface area contributed by atoms with Crippen LogP contribution in [-0.2, 0) is 4.79 Å². The minimum atomic E-state index is 0. The van der Waals surface area contributed by atoms with Crippen molar-refractivity contribution in [1.82, 2.24) is 10.3 Å². The molecule has 0 aromatic carbocycles. The largest absolute Gasteiger partial charge is 0.357 e. The van der Waals surface area contributed by atoms with Gasteiger partial charge in [-0.2, -0.15) is 0 Å². The van der Waals surface area contributed by atoms with Gasteiger partial charge in [-0.1, -0.05) is 0 Å². The van der Waals surface area contributed by atoms with Crippen LogP contribution >= 0.6 is 24.8 Å². The summed E-state index contributed by atoms with van der Waals surface area (Å²) >= 11 is 0. The molecular weight excluding hydrogens is 323 g/mol. The van der Waals surface area contributed by atoms with Gasteiger partial charge in [0.25, 0.3) is 0 Å². The number of hydrogen-bond donors (Lipinski definition) is 2. The Balaban J connectivity index is 0.00000121. The van der Waals surface area contributed by atoms with Gasteiger partial charge in [-0.15, -0.1) is 24.8 Å². The van der Waals surface area contributed by atoms with Crippen LogP contribution in [0.1, 0.15) is 25.7 Å². The highest BCUT2D eigenvalue weighted by Gasteiger charge is 2.18. The monoisotopic (exact) mass is 346 g/mol. The first-order chi connectivity index (χ1) is 9.81. The summed E-state index contributed by atoms with van der Waals surface area (Å²) in [5.41, 5.74) is 0.795. The Morgan fingerprint density at radius 3 is 2.68 bits per heavy atom. The molecular formula is C15H24Cl2N4O. The highest BCUT2D eigenvalue weighted by atomic mass is 35.5. The number of nitrogens with one attached hydrogen (secondary N) is 2. The lowest BCUT2D eigenvalue weighted by Gasteiger charge is -2.16. The number of carbonyl (C=O) groups excluding carboxylic acids is 1. The van der Waals surface area contributed by atoms with Gasteiger partial charge in [0, 0.05) is 19.5 Å². The fourth-order valence-electron chi connectivity index (χ4n) is 2.96. The first kappa shape index (κ1) is 19.0. The number of rotatable bonds is 4. The van der Waals surface area contributed by atoms with Gasteiger partial charge in [-0.25, -0.2) is 4.98 Å². The van der Waals surface area contributed by atoms with Crippen molar-refractivity contribution in [3.63, 3.8) is 0 Å². The molecule has 0 bridgehead atoms. The zero-order chi connectivity index (χ0) is 13.8. The average Bonchev–Trinajstić information content (AvgIpc) is 3.12. The number of amides is 1. The van der Waals surface area contributed by atoms with Crippen LogP contribution in [0.2, 0.25) is 0 Å². The molecule has 3 rings (SSSR count). The maximum absolute atomic E-state index is 11.9. The number of carbonyl (C=O) groups is 1. The molecule has 0 radical (unpaired) electrons. The Bertz CT molecular complexity index is 457. The van der Waals surface area contributed by atoms with Gasteiger partial charge in [-0.05, 0) is 50.4 Å². The molecule has 1 amide bonds. The lowest BCUT2D eigenvalue weighted by molar-refractivity contribution is -0.116. The van der Waals surface area contributed by atoms with Crippen molar-refractivity contribution in [1.29, 1.82) is 0 Å². The third kappa shape index (κ3) is 5.00. The van der Waals surface area contributed by atoms with Crippen molar-refractivity contribution < 1.29 is 4.79 Å². The van der Waals surface area contributed by atoms with Crippen molar-refractivity contribution >= 4 is 42.2 Å². The lowest BCUT2D eigenvalue weighted by Crippen LogP contribution is -2.20. The second-order valence-corrected chi connectivity index (χ2v) is 5.71. The summed E-state index contributed by atoms with van der Waals surface area (Å²) in [7, 11) is 0. The minimum Gasteiger partial charge on any atom is -0.357 e. The topological polar surface area (TPSA) is 57.3 Å². The lowest BCUT2D eigenvalue weighted by atomic mass is 10.0. The molecule has 0 saturated carbocycles. The third-order valence-electron chi connectivity index (χ3n) is 4.10. The number of aromatic nitrogens is 1. The van der Waals surface area contributed by atoms with Crippen LogP contribution in [0.3, 0.4) is 0 Å². The minimum absolute atomic E-state index is 0. The Morgan fingerprint density at radius 1 is 1.32 bits per heavy atom. The van der Waals surface area contributed by atoms with Crippen LogP contribution in [0, 0.1) is 5.92 Å². The molecule has 2 saturated heterocycles. The van der Waals surface area contributed by atoms with Crippen molar-refractivity contribution in [2.75, 3.05) is 36.4 Å². The van der Waals surface area contributed by atoms with Gasteiger partial charge < -0.3 is 15.5 Å². The summed E-state index contributed by atoms with van der Waals surface area (Å²) in [6, 6.07) is 3.95. The van der Waals surface area contributed by atoms with E-state index in [1.165, 1.54) is 12.8 Å². The van der Waals surface area contributed by atoms with E-state index in [0.29, 0.717) is 12.3 Å². The molecule has 5 nitrogen and oxygen atoms in total. The predicted octanol–water partition coefficient (Wildman–Crippen LogP) is 2.46. The maximum atomic E-state index is 11.9. The van der Waals surface area contributed by atoms with E-state index in [1.807, 2.05) is 12.1 Å². The van der Waals surface area contributed by atoms with Gasteiger partial charge in [0.15, 0.2) is 0 Å². The molecule has 1 aromatic rings. The van der Waals surface area contributed by atoms with Gasteiger partial charge in [0.2, 0.25) is 5.91 Å². The Labute approximate surface area is 144 Å². The first-order valence-electron chi connectivity index (χ1n) is 7.53. The number of anilines is 2. The maximum Gasteiger partial charge on any atom is 0.224 e. The molecule has 1 aromatic heterocycles. The fourth-order valence-corrected chi connectivity index (χ4v) is 2.96. The SMILES string of the molecule is Cl.Cl.O=C(CC1CCNC1)Nc1ccc(N2CCCC2)nc1. The number of halogens is 2. The van der Waals surface area contributed by atoms with Crippen LogP contribution in [-0.4, -0.2) is 37.1 Å². The van der Waals surface area contributed by atoms with E-state index in [9.17, 15) is 4.79 Å². The second kappa shape index (κ2) is 9.18.